The van der Waals surface area contributed by atoms with E-state index in [0.717, 1.165) is 41.3 Å². The summed E-state index contributed by atoms with van der Waals surface area (Å²) in [7, 11) is 5.98. The number of fused-ring (bicyclic) bond motifs is 1. The van der Waals surface area contributed by atoms with Crippen molar-refractivity contribution in [3.8, 4) is 0 Å². The predicted molar refractivity (Wildman–Crippen MR) is 113 cm³/mol. The Morgan fingerprint density at radius 2 is 1.64 bits per heavy atom. The number of aliphatic hydroxyl groups excluding tert-OH is 1. The summed E-state index contributed by atoms with van der Waals surface area (Å²) >= 11 is 0. The lowest BCUT2D eigenvalue weighted by atomic mass is 10.2. The second-order valence-corrected chi connectivity index (χ2v) is 7.09. The fourth-order valence-electron chi connectivity index (χ4n) is 3.16. The van der Waals surface area contributed by atoms with Gasteiger partial charge in [-0.3, -0.25) is 0 Å². The highest BCUT2D eigenvalue weighted by Crippen LogP contribution is 2.22. The molecule has 1 N–H and O–H groups in total. The topological polar surface area (TPSA) is 78.3 Å². The molecule has 0 aliphatic carbocycles. The van der Waals surface area contributed by atoms with Gasteiger partial charge in [-0.2, -0.15) is 0 Å². The molecule has 3 rings (SSSR count). The fraction of sp³-hybridized carbons (Fsp3) is 0.429. The predicted octanol–water partition coefficient (Wildman–Crippen LogP) is 2.61. The molecule has 148 valence electrons. The van der Waals surface area contributed by atoms with E-state index in [1.54, 1.807) is 0 Å². The van der Waals surface area contributed by atoms with Crippen LogP contribution in [-0.4, -0.2) is 52.7 Å². The highest BCUT2D eigenvalue weighted by atomic mass is 16.3. The molecule has 0 bridgehead atoms. The first-order valence-corrected chi connectivity index (χ1v) is 9.63. The number of aromatic nitrogens is 4. The van der Waals surface area contributed by atoms with Gasteiger partial charge in [0.25, 0.3) is 0 Å². The van der Waals surface area contributed by atoms with Gasteiger partial charge in [0.2, 0.25) is 0 Å². The lowest BCUT2D eigenvalue weighted by Gasteiger charge is -2.18. The van der Waals surface area contributed by atoms with E-state index in [2.05, 4.69) is 21.8 Å². The first-order valence-electron chi connectivity index (χ1n) is 9.63. The van der Waals surface area contributed by atoms with Gasteiger partial charge in [-0.05, 0) is 18.6 Å². The fourth-order valence-corrected chi connectivity index (χ4v) is 3.16. The van der Waals surface area contributed by atoms with Crippen molar-refractivity contribution in [3.63, 3.8) is 0 Å². The number of aryl methyl sites for hydroxylation is 2. The number of hydrogen-bond acceptors (Lipinski definition) is 7. The maximum atomic E-state index is 9.56. The number of para-hydroxylation sites is 1. The molecule has 3 aromatic rings. The van der Waals surface area contributed by atoms with E-state index < -0.39 is 0 Å². The van der Waals surface area contributed by atoms with Crippen LogP contribution in [0.4, 0.5) is 11.6 Å². The molecule has 1 aromatic carbocycles. The van der Waals surface area contributed by atoms with Crippen molar-refractivity contribution < 1.29 is 5.11 Å². The Morgan fingerprint density at radius 1 is 0.929 bits per heavy atom. The van der Waals surface area contributed by atoms with Crippen LogP contribution in [0.25, 0.3) is 10.9 Å². The molecule has 2 heterocycles. The van der Waals surface area contributed by atoms with Crippen LogP contribution < -0.4 is 9.80 Å². The Labute approximate surface area is 166 Å². The Morgan fingerprint density at radius 3 is 2.32 bits per heavy atom. The van der Waals surface area contributed by atoms with Crippen molar-refractivity contribution in [1.82, 2.24) is 19.9 Å². The molecule has 0 radical (unpaired) electrons. The van der Waals surface area contributed by atoms with E-state index >= 15 is 0 Å². The molecule has 28 heavy (non-hydrogen) atoms. The first kappa shape index (κ1) is 19.9. The van der Waals surface area contributed by atoms with E-state index in [0.29, 0.717) is 24.4 Å². The maximum Gasteiger partial charge on any atom is 0.139 e. The quantitative estimate of drug-likeness (QED) is 0.643. The van der Waals surface area contributed by atoms with Gasteiger partial charge in [0.1, 0.15) is 23.3 Å². The van der Waals surface area contributed by atoms with Gasteiger partial charge in [0, 0.05) is 52.0 Å². The van der Waals surface area contributed by atoms with Crippen molar-refractivity contribution in [3.05, 3.63) is 47.7 Å². The van der Waals surface area contributed by atoms with Crippen LogP contribution in [0, 0.1) is 0 Å². The van der Waals surface area contributed by atoms with Gasteiger partial charge >= 0.3 is 0 Å². The largest absolute Gasteiger partial charge is 0.390 e. The molecule has 0 saturated carbocycles. The summed E-state index contributed by atoms with van der Waals surface area (Å²) in [6, 6.07) is 9.88. The van der Waals surface area contributed by atoms with E-state index in [1.165, 1.54) is 0 Å². The molecule has 0 aliphatic heterocycles. The maximum absolute atomic E-state index is 9.56. The van der Waals surface area contributed by atoms with Gasteiger partial charge in [-0.15, -0.1) is 0 Å². The van der Waals surface area contributed by atoms with E-state index in [9.17, 15) is 5.11 Å². The van der Waals surface area contributed by atoms with Crippen LogP contribution in [-0.2, 0) is 19.4 Å². The van der Waals surface area contributed by atoms with Gasteiger partial charge in [-0.1, -0.05) is 19.1 Å². The minimum Gasteiger partial charge on any atom is -0.390 e. The Kier molecular flexibility index (Phi) is 6.36. The second kappa shape index (κ2) is 8.93. The molecule has 7 heteroatoms. The minimum absolute atomic E-state index is 0.0975. The average Bonchev–Trinajstić information content (AvgIpc) is 2.71. The molecular formula is C21H28N6O. The second-order valence-electron chi connectivity index (χ2n) is 7.09. The molecule has 0 atom stereocenters. The van der Waals surface area contributed by atoms with Crippen LogP contribution in [0.15, 0.2) is 30.3 Å². The van der Waals surface area contributed by atoms with Crippen molar-refractivity contribution in [2.75, 3.05) is 37.5 Å². The van der Waals surface area contributed by atoms with E-state index in [-0.39, 0.29) is 6.61 Å². The zero-order valence-corrected chi connectivity index (χ0v) is 17.1. The zero-order valence-electron chi connectivity index (χ0n) is 17.1. The Balaban J connectivity index is 1.86. The third-order valence-electron chi connectivity index (χ3n) is 4.55. The molecule has 0 aliphatic rings. The molecule has 0 spiro atoms. The Hall–Kier alpha value is -2.80. The molecule has 0 unspecified atom stereocenters. The molecule has 0 fully saturated rings. The lowest BCUT2D eigenvalue weighted by Crippen LogP contribution is -2.20. The summed E-state index contributed by atoms with van der Waals surface area (Å²) in [5, 5.41) is 10.6. The normalized spacial score (nSPS) is 11.0. The van der Waals surface area contributed by atoms with Crippen LogP contribution in [0.1, 0.15) is 30.7 Å². The molecule has 2 aromatic heterocycles. The molecule has 7 nitrogen and oxygen atoms in total. The lowest BCUT2D eigenvalue weighted by molar-refractivity contribution is 0.276. The van der Waals surface area contributed by atoms with Gasteiger partial charge in [-0.25, -0.2) is 19.9 Å². The smallest absolute Gasteiger partial charge is 0.139 e. The van der Waals surface area contributed by atoms with Crippen molar-refractivity contribution in [1.29, 1.82) is 0 Å². The summed E-state index contributed by atoms with van der Waals surface area (Å²) in [4.78, 5) is 22.7. The third kappa shape index (κ3) is 4.54. The highest BCUT2D eigenvalue weighted by molar-refractivity contribution is 5.89. The van der Waals surface area contributed by atoms with Crippen molar-refractivity contribution >= 4 is 22.5 Å². The number of aliphatic hydroxyl groups is 1. The standard InChI is InChI=1S/C21H28N6O/c1-5-12-27(4)20-13-15(14-28)22-18(24-20)10-11-19-23-17-9-7-6-8-16(17)21(25-19)26(2)3/h6-9,13,28H,5,10-12,14H2,1-4H3. The molecular weight excluding hydrogens is 352 g/mol. The van der Waals surface area contributed by atoms with Crippen LogP contribution >= 0.6 is 0 Å². The molecule has 0 amide bonds. The number of benzene rings is 1. The summed E-state index contributed by atoms with van der Waals surface area (Å²) in [6.07, 6.45) is 2.28. The van der Waals surface area contributed by atoms with Crippen LogP contribution in [0.3, 0.4) is 0 Å². The number of anilines is 2. The molecule has 0 saturated heterocycles. The zero-order chi connectivity index (χ0) is 20.1. The average molecular weight is 380 g/mol. The SMILES string of the molecule is CCCN(C)c1cc(CO)nc(CCc2nc(N(C)C)c3ccccc3n2)n1. The number of hydrogen-bond donors (Lipinski definition) is 1. The Bertz CT molecular complexity index is 943. The summed E-state index contributed by atoms with van der Waals surface area (Å²) in [5.74, 6) is 3.22. The third-order valence-corrected chi connectivity index (χ3v) is 4.55. The number of nitrogens with zero attached hydrogens (tertiary/aromatic N) is 6. The van der Waals surface area contributed by atoms with Gasteiger partial charge in [0.05, 0.1) is 17.8 Å². The van der Waals surface area contributed by atoms with Crippen LogP contribution in [0.5, 0.6) is 0 Å². The monoisotopic (exact) mass is 380 g/mol. The summed E-state index contributed by atoms with van der Waals surface area (Å²) in [5.41, 5.74) is 1.57. The van der Waals surface area contributed by atoms with E-state index in [4.69, 9.17) is 9.97 Å². The van der Waals surface area contributed by atoms with Gasteiger partial charge < -0.3 is 14.9 Å². The minimum atomic E-state index is -0.0975. The number of rotatable bonds is 8. The van der Waals surface area contributed by atoms with Gasteiger partial charge in [0.15, 0.2) is 0 Å². The summed E-state index contributed by atoms with van der Waals surface area (Å²) in [6.45, 7) is 2.94. The van der Waals surface area contributed by atoms with Crippen LogP contribution in [0.2, 0.25) is 0 Å². The van der Waals surface area contributed by atoms with Crippen molar-refractivity contribution in [2.24, 2.45) is 0 Å². The highest BCUT2D eigenvalue weighted by Gasteiger charge is 2.12. The first-order chi connectivity index (χ1) is 13.5. The van der Waals surface area contributed by atoms with Crippen molar-refractivity contribution in [2.45, 2.75) is 32.8 Å². The summed E-state index contributed by atoms with van der Waals surface area (Å²) < 4.78 is 0. The van der Waals surface area contributed by atoms with E-state index in [1.807, 2.05) is 56.4 Å².